The number of ether oxygens (including phenoxy) is 1. The minimum absolute atomic E-state index is 0.494. The van der Waals surface area contributed by atoms with Gasteiger partial charge in [0.05, 0.1) is 6.61 Å². The summed E-state index contributed by atoms with van der Waals surface area (Å²) in [4.78, 5) is 5.88. The number of nitrogens with one attached hydrogen (secondary N) is 1. The third-order valence-electron chi connectivity index (χ3n) is 3.44. The van der Waals surface area contributed by atoms with Gasteiger partial charge in [0.1, 0.15) is 10.7 Å². The topological polar surface area (TPSA) is 45.4 Å². The lowest BCUT2D eigenvalue weighted by molar-refractivity contribution is 0.334. The molecule has 1 aromatic rings. The summed E-state index contributed by atoms with van der Waals surface area (Å²) in [5.41, 5.74) is 2.92. The van der Waals surface area contributed by atoms with Gasteiger partial charge in [-0.3, -0.25) is 5.41 Å². The van der Waals surface area contributed by atoms with Crippen molar-refractivity contribution >= 4 is 27.9 Å². The Morgan fingerprint density at radius 1 is 1.53 bits per heavy atom. The lowest BCUT2D eigenvalue weighted by atomic mass is 9.88. The van der Waals surface area contributed by atoms with Crippen molar-refractivity contribution in [3.05, 3.63) is 16.0 Å². The molecule has 2 heterocycles. The second-order valence-corrected chi connectivity index (χ2v) is 5.84. The summed E-state index contributed by atoms with van der Waals surface area (Å²) in [5.74, 6) is 1.28. The standard InChI is InChI=1S/C13H16N2OS/c1-3-16-12-11(14)10-8-5-4-7(2)6-9(8)17-13(10)15-12/h7,14H,3-6H2,1-2H3. The first-order valence-electron chi connectivity index (χ1n) is 6.16. The van der Waals surface area contributed by atoms with Gasteiger partial charge in [0.25, 0.3) is 0 Å². The van der Waals surface area contributed by atoms with Gasteiger partial charge in [0, 0.05) is 10.4 Å². The van der Waals surface area contributed by atoms with Crippen LogP contribution in [-0.2, 0) is 17.6 Å². The third kappa shape index (κ3) is 1.62. The first kappa shape index (κ1) is 11.0. The van der Waals surface area contributed by atoms with Gasteiger partial charge in [-0.15, -0.1) is 11.3 Å². The molecule has 0 aromatic carbocycles. The monoisotopic (exact) mass is 248 g/mol. The second kappa shape index (κ2) is 3.95. The second-order valence-electron chi connectivity index (χ2n) is 4.76. The maximum Gasteiger partial charge on any atom is 0.241 e. The Hall–Kier alpha value is -1.16. The first-order chi connectivity index (χ1) is 8.20. The number of hydrogen-bond donors (Lipinski definition) is 1. The van der Waals surface area contributed by atoms with Gasteiger partial charge in [0.2, 0.25) is 5.90 Å². The summed E-state index contributed by atoms with van der Waals surface area (Å²) in [5, 5.41) is 9.15. The van der Waals surface area contributed by atoms with Crippen molar-refractivity contribution in [1.29, 1.82) is 5.41 Å². The van der Waals surface area contributed by atoms with Crippen molar-refractivity contribution in [2.24, 2.45) is 10.9 Å². The molecule has 0 amide bonds. The molecule has 17 heavy (non-hydrogen) atoms. The van der Waals surface area contributed by atoms with Crippen LogP contribution in [0.5, 0.6) is 0 Å². The molecule has 90 valence electrons. The summed E-state index contributed by atoms with van der Waals surface area (Å²) in [6, 6.07) is 0. The summed E-state index contributed by atoms with van der Waals surface area (Å²) in [6.07, 6.45) is 3.48. The molecule has 3 nitrogen and oxygen atoms in total. The van der Waals surface area contributed by atoms with Gasteiger partial charge in [-0.1, -0.05) is 6.92 Å². The zero-order valence-electron chi connectivity index (χ0n) is 10.2. The van der Waals surface area contributed by atoms with E-state index < -0.39 is 0 Å². The highest BCUT2D eigenvalue weighted by Crippen LogP contribution is 2.44. The molecule has 1 unspecified atom stereocenters. The molecule has 2 aliphatic rings. The van der Waals surface area contributed by atoms with Gasteiger partial charge in [-0.25, -0.2) is 4.99 Å². The molecule has 1 aliphatic carbocycles. The van der Waals surface area contributed by atoms with Crippen LogP contribution in [0.1, 0.15) is 36.3 Å². The number of nitrogens with zero attached hydrogens (tertiary/aromatic N) is 1. The van der Waals surface area contributed by atoms with Crippen LogP contribution >= 0.6 is 11.3 Å². The molecule has 1 N–H and O–H groups in total. The number of hydrogen-bond acceptors (Lipinski definition) is 4. The van der Waals surface area contributed by atoms with E-state index in [0.29, 0.717) is 18.2 Å². The molecule has 0 bridgehead atoms. The maximum atomic E-state index is 8.15. The van der Waals surface area contributed by atoms with E-state index in [-0.39, 0.29) is 0 Å². The fourth-order valence-corrected chi connectivity index (χ4v) is 3.95. The number of aliphatic imine (C=N–C) groups is 1. The first-order valence-corrected chi connectivity index (χ1v) is 6.97. The van der Waals surface area contributed by atoms with Crippen LogP contribution in [0.4, 0.5) is 5.00 Å². The minimum Gasteiger partial charge on any atom is -0.476 e. The predicted octanol–water partition coefficient (Wildman–Crippen LogP) is 3.32. The highest BCUT2D eigenvalue weighted by molar-refractivity contribution is 7.17. The lowest BCUT2D eigenvalue weighted by Gasteiger charge is -2.18. The molecule has 0 saturated carbocycles. The van der Waals surface area contributed by atoms with Gasteiger partial charge < -0.3 is 4.74 Å². The van der Waals surface area contributed by atoms with E-state index in [0.717, 1.165) is 29.3 Å². The lowest BCUT2D eigenvalue weighted by Crippen LogP contribution is -2.17. The summed E-state index contributed by atoms with van der Waals surface area (Å²) < 4.78 is 5.40. The third-order valence-corrected chi connectivity index (χ3v) is 4.59. The Bertz CT molecular complexity index is 516. The zero-order chi connectivity index (χ0) is 12.0. The Labute approximate surface area is 105 Å². The summed E-state index contributed by atoms with van der Waals surface area (Å²) in [6.45, 7) is 4.81. The zero-order valence-corrected chi connectivity index (χ0v) is 11.0. The van der Waals surface area contributed by atoms with Crippen LogP contribution in [0.3, 0.4) is 0 Å². The van der Waals surface area contributed by atoms with Crippen molar-refractivity contribution < 1.29 is 4.74 Å². The predicted molar refractivity (Wildman–Crippen MR) is 71.1 cm³/mol. The van der Waals surface area contributed by atoms with E-state index >= 15 is 0 Å². The molecule has 1 aliphatic heterocycles. The van der Waals surface area contributed by atoms with E-state index in [9.17, 15) is 0 Å². The molecule has 1 aromatic heterocycles. The molecular formula is C13H16N2OS. The van der Waals surface area contributed by atoms with E-state index in [1.165, 1.54) is 16.9 Å². The molecule has 4 heteroatoms. The highest BCUT2D eigenvalue weighted by atomic mass is 32.1. The van der Waals surface area contributed by atoms with Crippen molar-refractivity contribution in [2.75, 3.05) is 6.61 Å². The average molecular weight is 248 g/mol. The Balaban J connectivity index is 2.01. The van der Waals surface area contributed by atoms with Gasteiger partial charge in [0.15, 0.2) is 0 Å². The van der Waals surface area contributed by atoms with Crippen molar-refractivity contribution in [2.45, 2.75) is 33.1 Å². The Morgan fingerprint density at radius 2 is 2.35 bits per heavy atom. The van der Waals surface area contributed by atoms with Gasteiger partial charge in [-0.2, -0.15) is 0 Å². The Kier molecular flexibility index (Phi) is 2.54. The van der Waals surface area contributed by atoms with Crippen LogP contribution in [0, 0.1) is 11.3 Å². The van der Waals surface area contributed by atoms with Crippen molar-refractivity contribution in [1.82, 2.24) is 0 Å². The number of fused-ring (bicyclic) bond motifs is 3. The molecule has 0 radical (unpaired) electrons. The molecule has 0 saturated heterocycles. The normalized spacial score (nSPS) is 22.1. The SMILES string of the molecule is CCOC1=Nc2sc3c(c2C1=N)CCC(C)C3. The van der Waals surface area contributed by atoms with E-state index in [2.05, 4.69) is 11.9 Å². The summed E-state index contributed by atoms with van der Waals surface area (Å²) in [7, 11) is 0. The average Bonchev–Trinajstić information content (AvgIpc) is 2.77. The van der Waals surface area contributed by atoms with Gasteiger partial charge in [-0.05, 0) is 37.7 Å². The molecule has 1 atom stereocenters. The van der Waals surface area contributed by atoms with Crippen LogP contribution in [0.2, 0.25) is 0 Å². The van der Waals surface area contributed by atoms with E-state index in [1.807, 2.05) is 6.92 Å². The molecule has 0 fully saturated rings. The van der Waals surface area contributed by atoms with Crippen molar-refractivity contribution in [3.8, 4) is 0 Å². The number of rotatable bonds is 1. The summed E-state index contributed by atoms with van der Waals surface area (Å²) >= 11 is 1.75. The smallest absolute Gasteiger partial charge is 0.241 e. The fourth-order valence-electron chi connectivity index (χ4n) is 2.57. The number of thiophene rings is 1. The quantitative estimate of drug-likeness (QED) is 0.814. The fraction of sp³-hybridized carbons (Fsp3) is 0.538. The maximum absolute atomic E-state index is 8.15. The highest BCUT2D eigenvalue weighted by Gasteiger charge is 2.32. The molecule has 0 spiro atoms. The van der Waals surface area contributed by atoms with Gasteiger partial charge >= 0.3 is 0 Å². The van der Waals surface area contributed by atoms with Crippen LogP contribution < -0.4 is 0 Å². The molecule has 3 rings (SSSR count). The van der Waals surface area contributed by atoms with Crippen LogP contribution in [-0.4, -0.2) is 18.2 Å². The molecular weight excluding hydrogens is 232 g/mol. The minimum atomic E-state index is 0.494. The van der Waals surface area contributed by atoms with E-state index in [1.54, 1.807) is 11.3 Å². The van der Waals surface area contributed by atoms with Crippen LogP contribution in [0.25, 0.3) is 0 Å². The van der Waals surface area contributed by atoms with Crippen LogP contribution in [0.15, 0.2) is 4.99 Å². The largest absolute Gasteiger partial charge is 0.476 e. The van der Waals surface area contributed by atoms with Crippen molar-refractivity contribution in [3.63, 3.8) is 0 Å². The van der Waals surface area contributed by atoms with E-state index in [4.69, 9.17) is 10.1 Å². The Morgan fingerprint density at radius 3 is 3.12 bits per heavy atom.